The molecule has 4 nitrogen and oxygen atoms in total. The quantitative estimate of drug-likeness (QED) is 0.744. The van der Waals surface area contributed by atoms with E-state index >= 15 is 0 Å². The van der Waals surface area contributed by atoms with Crippen molar-refractivity contribution in [3.8, 4) is 0 Å². The van der Waals surface area contributed by atoms with Gasteiger partial charge in [0.05, 0.1) is 6.20 Å². The number of benzene rings is 1. The second-order valence-electron chi connectivity index (χ2n) is 5.34. The zero-order valence-corrected chi connectivity index (χ0v) is 11.8. The summed E-state index contributed by atoms with van der Waals surface area (Å²) in [6.45, 7) is 3.18. The van der Waals surface area contributed by atoms with E-state index in [0.717, 1.165) is 13.0 Å². The molecule has 104 valence electrons. The fourth-order valence-electron chi connectivity index (χ4n) is 2.87. The number of nitrogens with zero attached hydrogens (tertiary/aromatic N) is 3. The standard InChI is InChI=1S/C16H20N4/c1-2-5-13(12-20-9-8-18-19-20)10-14-11-17-16-7-4-3-6-15(14)16/h3-4,6-9,11,13,17H,2,5,10,12H2,1H3. The van der Waals surface area contributed by atoms with Crippen LogP contribution in [0.5, 0.6) is 0 Å². The minimum Gasteiger partial charge on any atom is -0.361 e. The zero-order valence-electron chi connectivity index (χ0n) is 11.8. The molecule has 0 aliphatic heterocycles. The summed E-state index contributed by atoms with van der Waals surface area (Å²) in [5.41, 5.74) is 2.62. The van der Waals surface area contributed by atoms with Crippen molar-refractivity contribution in [2.45, 2.75) is 32.7 Å². The summed E-state index contributed by atoms with van der Waals surface area (Å²) in [5, 5.41) is 9.32. The van der Waals surface area contributed by atoms with E-state index in [2.05, 4.69) is 52.7 Å². The molecule has 1 aromatic carbocycles. The summed E-state index contributed by atoms with van der Waals surface area (Å²) in [6, 6.07) is 8.50. The number of para-hydroxylation sites is 1. The van der Waals surface area contributed by atoms with Gasteiger partial charge in [-0.1, -0.05) is 36.8 Å². The molecular formula is C16H20N4. The number of hydrogen-bond acceptors (Lipinski definition) is 2. The Morgan fingerprint density at radius 1 is 1.30 bits per heavy atom. The van der Waals surface area contributed by atoms with Gasteiger partial charge in [0.2, 0.25) is 0 Å². The number of aromatic amines is 1. The van der Waals surface area contributed by atoms with Crippen LogP contribution in [-0.4, -0.2) is 20.0 Å². The minimum absolute atomic E-state index is 0.598. The van der Waals surface area contributed by atoms with Crippen molar-refractivity contribution in [3.63, 3.8) is 0 Å². The minimum atomic E-state index is 0.598. The summed E-state index contributed by atoms with van der Waals surface area (Å²) in [7, 11) is 0. The summed E-state index contributed by atoms with van der Waals surface area (Å²) < 4.78 is 1.94. The lowest BCUT2D eigenvalue weighted by Crippen LogP contribution is -2.14. The van der Waals surface area contributed by atoms with Gasteiger partial charge < -0.3 is 4.98 Å². The van der Waals surface area contributed by atoms with E-state index in [0.29, 0.717) is 5.92 Å². The lowest BCUT2D eigenvalue weighted by atomic mass is 9.95. The van der Waals surface area contributed by atoms with E-state index in [-0.39, 0.29) is 0 Å². The van der Waals surface area contributed by atoms with Crippen LogP contribution < -0.4 is 0 Å². The highest BCUT2D eigenvalue weighted by atomic mass is 15.4. The molecule has 4 heteroatoms. The highest BCUT2D eigenvalue weighted by Gasteiger charge is 2.13. The molecule has 0 saturated heterocycles. The van der Waals surface area contributed by atoms with Crippen LogP contribution in [0.1, 0.15) is 25.3 Å². The molecular weight excluding hydrogens is 248 g/mol. The Balaban J connectivity index is 1.78. The maximum absolute atomic E-state index is 4.09. The second kappa shape index (κ2) is 5.90. The monoisotopic (exact) mass is 268 g/mol. The average Bonchev–Trinajstić information content (AvgIpc) is 3.10. The van der Waals surface area contributed by atoms with Gasteiger partial charge >= 0.3 is 0 Å². The zero-order chi connectivity index (χ0) is 13.8. The molecule has 0 bridgehead atoms. The molecule has 0 radical (unpaired) electrons. The van der Waals surface area contributed by atoms with Crippen LogP contribution in [0.2, 0.25) is 0 Å². The topological polar surface area (TPSA) is 46.5 Å². The summed E-state index contributed by atoms with van der Waals surface area (Å²) >= 11 is 0. The van der Waals surface area contributed by atoms with Crippen LogP contribution in [0.25, 0.3) is 10.9 Å². The first kappa shape index (κ1) is 12.9. The van der Waals surface area contributed by atoms with Crippen molar-refractivity contribution < 1.29 is 0 Å². The van der Waals surface area contributed by atoms with Gasteiger partial charge in [0, 0.05) is 29.8 Å². The first-order valence-electron chi connectivity index (χ1n) is 7.26. The molecule has 20 heavy (non-hydrogen) atoms. The molecule has 1 unspecified atom stereocenters. The first-order valence-corrected chi connectivity index (χ1v) is 7.26. The predicted octanol–water partition coefficient (Wildman–Crippen LogP) is 3.42. The van der Waals surface area contributed by atoms with E-state index in [1.807, 2.05) is 10.9 Å². The molecule has 0 amide bonds. The van der Waals surface area contributed by atoms with E-state index in [4.69, 9.17) is 0 Å². The van der Waals surface area contributed by atoms with E-state index in [1.54, 1.807) is 6.20 Å². The van der Waals surface area contributed by atoms with Crippen LogP contribution in [0.4, 0.5) is 0 Å². The molecule has 3 rings (SSSR count). The Kier molecular flexibility index (Phi) is 3.81. The Morgan fingerprint density at radius 2 is 2.20 bits per heavy atom. The Hall–Kier alpha value is -2.10. The third kappa shape index (κ3) is 2.74. The van der Waals surface area contributed by atoms with Gasteiger partial charge in [0.15, 0.2) is 0 Å². The largest absolute Gasteiger partial charge is 0.361 e. The lowest BCUT2D eigenvalue weighted by Gasteiger charge is -2.15. The first-order chi connectivity index (χ1) is 9.86. The molecule has 3 aromatic rings. The number of H-pyrrole nitrogens is 1. The normalized spacial score (nSPS) is 12.8. The molecule has 0 saturated carbocycles. The summed E-state index contributed by atoms with van der Waals surface area (Å²) in [5.74, 6) is 0.598. The molecule has 2 heterocycles. The average molecular weight is 268 g/mol. The summed E-state index contributed by atoms with van der Waals surface area (Å²) in [4.78, 5) is 3.36. The molecule has 0 aliphatic rings. The van der Waals surface area contributed by atoms with Crippen molar-refractivity contribution in [1.82, 2.24) is 20.0 Å². The van der Waals surface area contributed by atoms with Crippen molar-refractivity contribution >= 4 is 10.9 Å². The smallest absolute Gasteiger partial charge is 0.0692 e. The van der Waals surface area contributed by atoms with Crippen molar-refractivity contribution in [1.29, 1.82) is 0 Å². The number of hydrogen-bond donors (Lipinski definition) is 1. The van der Waals surface area contributed by atoms with Gasteiger partial charge in [-0.25, -0.2) is 0 Å². The maximum Gasteiger partial charge on any atom is 0.0692 e. The third-order valence-corrected chi connectivity index (χ3v) is 3.80. The van der Waals surface area contributed by atoms with Gasteiger partial charge in [-0.05, 0) is 30.4 Å². The van der Waals surface area contributed by atoms with Crippen LogP contribution in [0.15, 0.2) is 42.9 Å². The highest BCUT2D eigenvalue weighted by molar-refractivity contribution is 5.83. The Morgan fingerprint density at radius 3 is 3.00 bits per heavy atom. The SMILES string of the molecule is CCCC(Cc1c[nH]c2ccccc12)Cn1ccnn1. The highest BCUT2D eigenvalue weighted by Crippen LogP contribution is 2.23. The predicted molar refractivity (Wildman–Crippen MR) is 80.4 cm³/mol. The van der Waals surface area contributed by atoms with E-state index in [1.165, 1.54) is 29.3 Å². The molecule has 0 fully saturated rings. The molecule has 1 atom stereocenters. The fraction of sp³-hybridized carbons (Fsp3) is 0.375. The van der Waals surface area contributed by atoms with Crippen molar-refractivity contribution in [2.24, 2.45) is 5.92 Å². The third-order valence-electron chi connectivity index (χ3n) is 3.80. The van der Waals surface area contributed by atoms with Crippen LogP contribution >= 0.6 is 0 Å². The van der Waals surface area contributed by atoms with Crippen LogP contribution in [0, 0.1) is 5.92 Å². The van der Waals surface area contributed by atoms with Gasteiger partial charge in [-0.15, -0.1) is 5.10 Å². The molecule has 0 spiro atoms. The molecule has 2 aromatic heterocycles. The van der Waals surface area contributed by atoms with Gasteiger partial charge in [0.1, 0.15) is 0 Å². The van der Waals surface area contributed by atoms with Crippen molar-refractivity contribution in [3.05, 3.63) is 48.4 Å². The van der Waals surface area contributed by atoms with Crippen LogP contribution in [-0.2, 0) is 13.0 Å². The molecule has 1 N–H and O–H groups in total. The van der Waals surface area contributed by atoms with E-state index < -0.39 is 0 Å². The van der Waals surface area contributed by atoms with E-state index in [9.17, 15) is 0 Å². The summed E-state index contributed by atoms with van der Waals surface area (Å²) in [6.07, 6.45) is 9.32. The van der Waals surface area contributed by atoms with Crippen molar-refractivity contribution in [2.75, 3.05) is 0 Å². The van der Waals surface area contributed by atoms with Gasteiger partial charge in [0.25, 0.3) is 0 Å². The van der Waals surface area contributed by atoms with Gasteiger partial charge in [-0.2, -0.15) is 0 Å². The number of rotatable bonds is 6. The number of aromatic nitrogens is 4. The van der Waals surface area contributed by atoms with Gasteiger partial charge in [-0.3, -0.25) is 4.68 Å². The second-order valence-corrected chi connectivity index (χ2v) is 5.34. The lowest BCUT2D eigenvalue weighted by molar-refractivity contribution is 0.383. The Bertz CT molecular complexity index is 654. The maximum atomic E-state index is 4.09. The number of fused-ring (bicyclic) bond motifs is 1. The fourth-order valence-corrected chi connectivity index (χ4v) is 2.87. The Labute approximate surface area is 118 Å². The number of nitrogens with one attached hydrogen (secondary N) is 1. The van der Waals surface area contributed by atoms with Crippen LogP contribution in [0.3, 0.4) is 0 Å². The molecule has 0 aliphatic carbocycles.